The highest BCUT2D eigenvalue weighted by Gasteiger charge is 2.00. The van der Waals surface area contributed by atoms with Gasteiger partial charge < -0.3 is 10.6 Å². The Balaban J connectivity index is 2.72. The summed E-state index contributed by atoms with van der Waals surface area (Å²) in [5.41, 5.74) is 2.21. The molecule has 4 heteroatoms. The van der Waals surface area contributed by atoms with Crippen LogP contribution in [0.4, 0.5) is 5.69 Å². The topological polar surface area (TPSA) is 24.1 Å². The van der Waals surface area contributed by atoms with Crippen molar-refractivity contribution < 1.29 is 0 Å². The quantitative estimate of drug-likeness (QED) is 0.810. The molecule has 1 aromatic rings. The fourth-order valence-electron chi connectivity index (χ4n) is 1.09. The van der Waals surface area contributed by atoms with Crippen LogP contribution in [0.15, 0.2) is 22.7 Å². The highest BCUT2D eigenvalue weighted by Crippen LogP contribution is 2.19. The molecule has 2 N–H and O–H groups in total. The summed E-state index contributed by atoms with van der Waals surface area (Å²) in [6, 6.07) is 6.05. The first-order valence-electron chi connectivity index (χ1n) is 4.44. The van der Waals surface area contributed by atoms with Gasteiger partial charge in [0.15, 0.2) is 5.11 Å². The van der Waals surface area contributed by atoms with Gasteiger partial charge in [0.25, 0.3) is 0 Å². The highest BCUT2D eigenvalue weighted by atomic mass is 79.9. The van der Waals surface area contributed by atoms with E-state index < -0.39 is 0 Å². The molecule has 0 aliphatic carbocycles. The maximum Gasteiger partial charge on any atom is 0.170 e. The fraction of sp³-hybridized carbons (Fsp3) is 0.300. The van der Waals surface area contributed by atoms with Gasteiger partial charge in [0.2, 0.25) is 0 Å². The molecule has 0 aliphatic rings. The second-order valence-electron chi connectivity index (χ2n) is 2.94. The molecule has 76 valence electrons. The van der Waals surface area contributed by atoms with E-state index in [-0.39, 0.29) is 0 Å². The van der Waals surface area contributed by atoms with Crippen LogP contribution in [-0.4, -0.2) is 11.7 Å². The molecule has 0 atom stereocenters. The van der Waals surface area contributed by atoms with Crippen molar-refractivity contribution in [1.82, 2.24) is 5.32 Å². The first-order chi connectivity index (χ1) is 6.63. The number of aryl methyl sites for hydroxylation is 1. The van der Waals surface area contributed by atoms with Gasteiger partial charge in [-0.2, -0.15) is 0 Å². The van der Waals surface area contributed by atoms with Crippen molar-refractivity contribution in [3.8, 4) is 0 Å². The molecule has 0 radical (unpaired) electrons. The van der Waals surface area contributed by atoms with Crippen molar-refractivity contribution in [2.75, 3.05) is 11.9 Å². The molecule has 0 aromatic heterocycles. The third-order valence-corrected chi connectivity index (χ3v) is 2.51. The van der Waals surface area contributed by atoms with E-state index in [9.17, 15) is 0 Å². The van der Waals surface area contributed by atoms with Crippen LogP contribution in [0.25, 0.3) is 0 Å². The summed E-state index contributed by atoms with van der Waals surface area (Å²) in [7, 11) is 0. The van der Waals surface area contributed by atoms with Crippen LogP contribution in [0.5, 0.6) is 0 Å². The standard InChI is InChI=1S/C10H13BrN2S/c1-3-12-10(14)13-9-5-4-8(11)6-7(9)2/h4-6H,3H2,1-2H3,(H2,12,13,14). The molecular formula is C10H13BrN2S. The van der Waals surface area contributed by atoms with Crippen molar-refractivity contribution >= 4 is 38.9 Å². The summed E-state index contributed by atoms with van der Waals surface area (Å²) >= 11 is 8.51. The maximum absolute atomic E-state index is 5.09. The van der Waals surface area contributed by atoms with E-state index in [1.165, 1.54) is 5.56 Å². The van der Waals surface area contributed by atoms with Crippen LogP contribution in [0.3, 0.4) is 0 Å². The van der Waals surface area contributed by atoms with Crippen molar-refractivity contribution in [3.05, 3.63) is 28.2 Å². The molecule has 0 amide bonds. The van der Waals surface area contributed by atoms with Gasteiger partial charge in [-0.15, -0.1) is 0 Å². The maximum atomic E-state index is 5.09. The summed E-state index contributed by atoms with van der Waals surface area (Å²) in [6.45, 7) is 4.89. The Morgan fingerprint density at radius 3 is 2.79 bits per heavy atom. The number of rotatable bonds is 2. The van der Waals surface area contributed by atoms with Crippen LogP contribution in [0.2, 0.25) is 0 Å². The number of nitrogens with one attached hydrogen (secondary N) is 2. The Labute approximate surface area is 98.2 Å². The molecule has 0 aliphatic heterocycles. The normalized spacial score (nSPS) is 9.64. The Kier molecular flexibility index (Phi) is 4.35. The third kappa shape index (κ3) is 3.27. The Morgan fingerprint density at radius 1 is 1.50 bits per heavy atom. The molecule has 0 saturated carbocycles. The number of benzene rings is 1. The number of halogens is 1. The molecule has 0 spiro atoms. The van der Waals surface area contributed by atoms with Crippen LogP contribution in [0.1, 0.15) is 12.5 Å². The van der Waals surface area contributed by atoms with Crippen LogP contribution >= 0.6 is 28.1 Å². The van der Waals surface area contributed by atoms with Crippen molar-refractivity contribution in [2.45, 2.75) is 13.8 Å². The predicted octanol–water partition coefficient (Wildman–Crippen LogP) is 3.06. The number of hydrogen-bond donors (Lipinski definition) is 2. The third-order valence-electron chi connectivity index (χ3n) is 1.77. The van der Waals surface area contributed by atoms with E-state index in [0.717, 1.165) is 16.7 Å². The smallest absolute Gasteiger partial charge is 0.170 e. The monoisotopic (exact) mass is 272 g/mol. The molecule has 0 saturated heterocycles. The summed E-state index contributed by atoms with van der Waals surface area (Å²) in [5, 5.41) is 6.85. The summed E-state index contributed by atoms with van der Waals surface area (Å²) in [5.74, 6) is 0. The molecule has 0 bridgehead atoms. The molecule has 0 heterocycles. The predicted molar refractivity (Wildman–Crippen MR) is 68.8 cm³/mol. The molecule has 2 nitrogen and oxygen atoms in total. The number of thiocarbonyl (C=S) groups is 1. The zero-order chi connectivity index (χ0) is 10.6. The van der Waals surface area contributed by atoms with E-state index in [0.29, 0.717) is 5.11 Å². The van der Waals surface area contributed by atoms with Gasteiger partial charge in [-0.05, 0) is 49.8 Å². The first-order valence-corrected chi connectivity index (χ1v) is 5.64. The summed E-state index contributed by atoms with van der Waals surface area (Å²) in [4.78, 5) is 0. The molecule has 0 fully saturated rings. The zero-order valence-electron chi connectivity index (χ0n) is 8.23. The average molecular weight is 273 g/mol. The Hall–Kier alpha value is -0.610. The van der Waals surface area contributed by atoms with Gasteiger partial charge in [0, 0.05) is 16.7 Å². The van der Waals surface area contributed by atoms with Gasteiger partial charge in [-0.3, -0.25) is 0 Å². The van der Waals surface area contributed by atoms with Crippen molar-refractivity contribution in [1.29, 1.82) is 0 Å². The Bertz CT molecular complexity index is 339. The summed E-state index contributed by atoms with van der Waals surface area (Å²) in [6.07, 6.45) is 0. The van der Waals surface area contributed by atoms with Crippen LogP contribution in [-0.2, 0) is 0 Å². The van der Waals surface area contributed by atoms with Crippen LogP contribution in [0, 0.1) is 6.92 Å². The van der Waals surface area contributed by atoms with E-state index in [1.807, 2.05) is 26.0 Å². The summed E-state index contributed by atoms with van der Waals surface area (Å²) < 4.78 is 1.08. The lowest BCUT2D eigenvalue weighted by atomic mass is 10.2. The lowest BCUT2D eigenvalue weighted by Crippen LogP contribution is -2.28. The van der Waals surface area contributed by atoms with Gasteiger partial charge in [-0.1, -0.05) is 15.9 Å². The van der Waals surface area contributed by atoms with Crippen LogP contribution < -0.4 is 10.6 Å². The van der Waals surface area contributed by atoms with Gasteiger partial charge >= 0.3 is 0 Å². The lowest BCUT2D eigenvalue weighted by Gasteiger charge is -2.11. The minimum atomic E-state index is 0.665. The van der Waals surface area contributed by atoms with Gasteiger partial charge in [0.05, 0.1) is 0 Å². The van der Waals surface area contributed by atoms with Crippen molar-refractivity contribution in [3.63, 3.8) is 0 Å². The fourth-order valence-corrected chi connectivity index (χ4v) is 1.82. The van der Waals surface area contributed by atoms with E-state index in [1.54, 1.807) is 0 Å². The SMILES string of the molecule is CCNC(=S)Nc1ccc(Br)cc1C. The molecule has 0 unspecified atom stereocenters. The average Bonchev–Trinajstić information content (AvgIpc) is 2.10. The minimum Gasteiger partial charge on any atom is -0.363 e. The van der Waals surface area contributed by atoms with E-state index in [4.69, 9.17) is 12.2 Å². The zero-order valence-corrected chi connectivity index (χ0v) is 10.6. The lowest BCUT2D eigenvalue weighted by molar-refractivity contribution is 0.979. The molecule has 1 rings (SSSR count). The number of anilines is 1. The number of hydrogen-bond acceptors (Lipinski definition) is 1. The molecular weight excluding hydrogens is 260 g/mol. The van der Waals surface area contributed by atoms with E-state index in [2.05, 4.69) is 32.6 Å². The molecule has 1 aromatic carbocycles. The largest absolute Gasteiger partial charge is 0.363 e. The second kappa shape index (κ2) is 5.32. The van der Waals surface area contributed by atoms with Gasteiger partial charge in [0.1, 0.15) is 0 Å². The van der Waals surface area contributed by atoms with Gasteiger partial charge in [-0.25, -0.2) is 0 Å². The van der Waals surface area contributed by atoms with E-state index >= 15 is 0 Å². The second-order valence-corrected chi connectivity index (χ2v) is 4.27. The first kappa shape index (κ1) is 11.5. The minimum absolute atomic E-state index is 0.665. The molecule has 14 heavy (non-hydrogen) atoms. The highest BCUT2D eigenvalue weighted by molar-refractivity contribution is 9.10. The van der Waals surface area contributed by atoms with Crippen molar-refractivity contribution in [2.24, 2.45) is 0 Å². The Morgan fingerprint density at radius 2 is 2.21 bits per heavy atom.